The van der Waals surface area contributed by atoms with Crippen LogP contribution in [0.3, 0.4) is 0 Å². The minimum absolute atomic E-state index is 0.170. The molecule has 0 fully saturated rings. The minimum atomic E-state index is -0.949. The second-order valence-corrected chi connectivity index (χ2v) is 11.0. The Balaban J connectivity index is 1.53. The third-order valence-corrected chi connectivity index (χ3v) is 6.80. The van der Waals surface area contributed by atoms with Gasteiger partial charge in [0.05, 0.1) is 5.69 Å². The zero-order valence-electron chi connectivity index (χ0n) is 22.8. The zero-order valence-corrected chi connectivity index (χ0v) is 22.8. The number of carboxylic acids is 1. The third kappa shape index (κ3) is 9.22. The summed E-state index contributed by atoms with van der Waals surface area (Å²) in [5.74, 6) is 0.553. The maximum Gasteiger partial charge on any atom is 0.326 e. The van der Waals surface area contributed by atoms with Crippen molar-refractivity contribution in [2.75, 3.05) is 36.8 Å². The molecule has 0 unspecified atom stereocenters. The normalized spacial score (nSPS) is 15.1. The Labute approximate surface area is 220 Å². The molecule has 1 aliphatic heterocycles. The average molecular weight is 515 g/mol. The van der Waals surface area contributed by atoms with Crippen molar-refractivity contribution in [3.8, 4) is 0 Å². The fourth-order valence-corrected chi connectivity index (χ4v) is 4.45. The molecule has 37 heavy (non-hydrogen) atoms. The second kappa shape index (κ2) is 13.7. The molecule has 0 saturated heterocycles. The number of aromatic nitrogens is 3. The highest BCUT2D eigenvalue weighted by atomic mass is 19.1. The molecule has 0 aliphatic carbocycles. The number of carboxylic acid groups (broad SMARTS) is 1. The van der Waals surface area contributed by atoms with E-state index in [0.717, 1.165) is 62.4 Å². The predicted octanol–water partition coefficient (Wildman–Crippen LogP) is 4.86. The Bertz CT molecular complexity index is 1010. The number of rotatable bonds is 14. The molecule has 2 aromatic rings. The van der Waals surface area contributed by atoms with Gasteiger partial charge in [0.2, 0.25) is 0 Å². The van der Waals surface area contributed by atoms with Crippen molar-refractivity contribution in [1.29, 1.82) is 0 Å². The second-order valence-electron chi connectivity index (χ2n) is 11.0. The summed E-state index contributed by atoms with van der Waals surface area (Å²) in [7, 11) is 0. The van der Waals surface area contributed by atoms with Crippen LogP contribution in [0, 0.1) is 0 Å². The molecule has 2 atom stereocenters. The first-order chi connectivity index (χ1) is 17.7. The lowest BCUT2D eigenvalue weighted by Crippen LogP contribution is -2.38. The van der Waals surface area contributed by atoms with E-state index >= 15 is 0 Å². The molecule has 0 saturated carbocycles. The number of pyridine rings is 1. The first-order valence-corrected chi connectivity index (χ1v) is 13.6. The molecule has 0 radical (unpaired) electrons. The molecule has 0 amide bonds. The van der Waals surface area contributed by atoms with Crippen LogP contribution in [-0.4, -0.2) is 69.3 Å². The Morgan fingerprint density at radius 3 is 2.78 bits per heavy atom. The van der Waals surface area contributed by atoms with Gasteiger partial charge in [-0.1, -0.05) is 33.8 Å². The summed E-state index contributed by atoms with van der Waals surface area (Å²) < 4.78 is 14.3. The number of anilines is 2. The van der Waals surface area contributed by atoms with E-state index in [1.165, 1.54) is 11.9 Å². The Morgan fingerprint density at radius 2 is 2.05 bits per heavy atom. The van der Waals surface area contributed by atoms with Crippen molar-refractivity contribution in [1.82, 2.24) is 19.9 Å². The van der Waals surface area contributed by atoms with Crippen LogP contribution in [-0.2, 0) is 23.1 Å². The first-order valence-electron chi connectivity index (χ1n) is 13.6. The van der Waals surface area contributed by atoms with Gasteiger partial charge in [-0.05, 0) is 63.1 Å². The fraction of sp³-hybridized carbons (Fsp3) is 0.643. The van der Waals surface area contributed by atoms with Gasteiger partial charge in [-0.15, -0.1) is 0 Å². The lowest BCUT2D eigenvalue weighted by atomic mass is 9.92. The molecule has 2 aromatic heterocycles. The van der Waals surface area contributed by atoms with Crippen molar-refractivity contribution < 1.29 is 14.3 Å². The van der Waals surface area contributed by atoms with Crippen molar-refractivity contribution in [2.24, 2.45) is 0 Å². The SMILES string of the molecule is CC[C@@H](F)CN(CCCCc1ccc2c(n1)NCCC2)CC[C@H](Nc1cc(C(C)(C)C)ncn1)C(=O)O. The van der Waals surface area contributed by atoms with E-state index in [1.54, 1.807) is 6.07 Å². The van der Waals surface area contributed by atoms with Crippen LogP contribution in [0.5, 0.6) is 0 Å². The van der Waals surface area contributed by atoms with Crippen LogP contribution in [0.15, 0.2) is 24.5 Å². The predicted molar refractivity (Wildman–Crippen MR) is 146 cm³/mol. The van der Waals surface area contributed by atoms with Gasteiger partial charge in [-0.2, -0.15) is 0 Å². The molecule has 0 aromatic carbocycles. The molecule has 1 aliphatic rings. The summed E-state index contributed by atoms with van der Waals surface area (Å²) in [5, 5.41) is 16.2. The summed E-state index contributed by atoms with van der Waals surface area (Å²) in [6, 6.07) is 5.26. The van der Waals surface area contributed by atoms with Crippen LogP contribution in [0.25, 0.3) is 0 Å². The van der Waals surface area contributed by atoms with Crippen molar-refractivity contribution in [3.63, 3.8) is 0 Å². The maximum atomic E-state index is 14.3. The Hall–Kier alpha value is -2.81. The Morgan fingerprint density at radius 1 is 1.24 bits per heavy atom. The molecular formula is C28H43FN6O2. The Kier molecular flexibility index (Phi) is 10.6. The highest BCUT2D eigenvalue weighted by Crippen LogP contribution is 2.22. The minimum Gasteiger partial charge on any atom is -0.480 e. The van der Waals surface area contributed by atoms with Crippen molar-refractivity contribution in [2.45, 2.75) is 90.3 Å². The molecule has 3 N–H and O–H groups in total. The van der Waals surface area contributed by atoms with Gasteiger partial charge in [0.25, 0.3) is 0 Å². The van der Waals surface area contributed by atoms with Crippen LogP contribution >= 0.6 is 0 Å². The van der Waals surface area contributed by atoms with Crippen LogP contribution in [0.4, 0.5) is 16.0 Å². The topological polar surface area (TPSA) is 103 Å². The standard InChI is InChI=1S/C28H43FN6O2/c1-5-21(29)18-35(15-7-6-10-22-12-11-20-9-8-14-30-26(20)33-22)16-13-23(27(36)37)34-25-17-24(28(2,3)4)31-19-32-25/h11-12,17,19,21,23H,5-10,13-16,18H2,1-4H3,(H,30,33)(H,36,37)(H,31,32,34)/t21-,23+/m1/s1. The first kappa shape index (κ1) is 28.8. The smallest absolute Gasteiger partial charge is 0.326 e. The number of unbranched alkanes of at least 4 members (excludes halogenated alkanes) is 1. The highest BCUT2D eigenvalue weighted by Gasteiger charge is 2.22. The molecule has 8 nitrogen and oxygen atoms in total. The number of hydrogen-bond acceptors (Lipinski definition) is 7. The van der Waals surface area contributed by atoms with E-state index in [2.05, 4.69) is 32.7 Å². The number of fused-ring (bicyclic) bond motifs is 1. The van der Waals surface area contributed by atoms with Crippen LogP contribution < -0.4 is 10.6 Å². The lowest BCUT2D eigenvalue weighted by molar-refractivity contribution is -0.138. The van der Waals surface area contributed by atoms with E-state index in [-0.39, 0.29) is 5.41 Å². The molecule has 0 bridgehead atoms. The van der Waals surface area contributed by atoms with Gasteiger partial charge in [0.15, 0.2) is 0 Å². The third-order valence-electron chi connectivity index (χ3n) is 6.80. The van der Waals surface area contributed by atoms with Gasteiger partial charge in [0.1, 0.15) is 30.2 Å². The van der Waals surface area contributed by atoms with E-state index < -0.39 is 18.2 Å². The number of nitrogens with one attached hydrogen (secondary N) is 2. The maximum absolute atomic E-state index is 14.3. The summed E-state index contributed by atoms with van der Waals surface area (Å²) >= 11 is 0. The monoisotopic (exact) mass is 514 g/mol. The molecule has 3 rings (SSSR count). The number of aliphatic carboxylic acids is 1. The summed E-state index contributed by atoms with van der Waals surface area (Å²) in [4.78, 5) is 27.3. The number of hydrogen-bond donors (Lipinski definition) is 3. The van der Waals surface area contributed by atoms with E-state index in [9.17, 15) is 14.3 Å². The van der Waals surface area contributed by atoms with Crippen molar-refractivity contribution in [3.05, 3.63) is 41.5 Å². The van der Waals surface area contributed by atoms with E-state index in [4.69, 9.17) is 4.98 Å². The van der Waals surface area contributed by atoms with Gasteiger partial charge >= 0.3 is 5.97 Å². The van der Waals surface area contributed by atoms with Crippen molar-refractivity contribution >= 4 is 17.6 Å². The number of halogens is 1. The summed E-state index contributed by atoms with van der Waals surface area (Å²) in [5.41, 5.74) is 3.03. The summed E-state index contributed by atoms with van der Waals surface area (Å²) in [6.07, 6.45) is 6.26. The largest absolute Gasteiger partial charge is 0.480 e. The number of carbonyl (C=O) groups is 1. The van der Waals surface area contributed by atoms with Crippen LogP contribution in [0.2, 0.25) is 0 Å². The van der Waals surface area contributed by atoms with Gasteiger partial charge in [-0.3, -0.25) is 0 Å². The van der Waals surface area contributed by atoms with Crippen LogP contribution in [0.1, 0.15) is 76.8 Å². The molecular weight excluding hydrogens is 471 g/mol. The van der Waals surface area contributed by atoms with Gasteiger partial charge in [0, 0.05) is 36.8 Å². The molecule has 3 heterocycles. The molecule has 0 spiro atoms. The highest BCUT2D eigenvalue weighted by molar-refractivity contribution is 5.76. The fourth-order valence-electron chi connectivity index (χ4n) is 4.45. The number of aryl methyl sites for hydroxylation is 2. The molecule has 204 valence electrons. The molecule has 9 heteroatoms. The quantitative estimate of drug-likeness (QED) is 0.307. The van der Waals surface area contributed by atoms with E-state index in [0.29, 0.717) is 31.7 Å². The number of nitrogens with zero attached hydrogens (tertiary/aromatic N) is 4. The number of alkyl halides is 1. The van der Waals surface area contributed by atoms with Gasteiger partial charge < -0.3 is 20.6 Å². The van der Waals surface area contributed by atoms with Gasteiger partial charge in [-0.25, -0.2) is 24.1 Å². The lowest BCUT2D eigenvalue weighted by Gasteiger charge is -2.26. The average Bonchev–Trinajstić information content (AvgIpc) is 2.88. The zero-order chi connectivity index (χ0) is 26.8. The summed E-state index contributed by atoms with van der Waals surface area (Å²) in [6.45, 7) is 10.5. The van der Waals surface area contributed by atoms with E-state index in [1.807, 2.05) is 32.6 Å².